The van der Waals surface area contributed by atoms with Crippen molar-refractivity contribution in [3.8, 4) is 0 Å². The van der Waals surface area contributed by atoms with Crippen LogP contribution in [0.25, 0.3) is 11.2 Å². The molecule has 1 amide bonds. The fourth-order valence-electron chi connectivity index (χ4n) is 3.08. The second-order valence-electron chi connectivity index (χ2n) is 6.17. The van der Waals surface area contributed by atoms with Crippen LogP contribution in [-0.2, 0) is 6.54 Å². The van der Waals surface area contributed by atoms with E-state index in [4.69, 9.17) is 0 Å². The molecule has 3 heterocycles. The Morgan fingerprint density at radius 1 is 1.20 bits per heavy atom. The molecule has 0 aliphatic carbocycles. The lowest BCUT2D eigenvalue weighted by Crippen LogP contribution is -2.23. The molecule has 126 valence electrons. The molecule has 1 aliphatic heterocycles. The highest BCUT2D eigenvalue weighted by Crippen LogP contribution is 2.20. The molecule has 0 fully saturated rings. The highest BCUT2D eigenvalue weighted by Gasteiger charge is 2.09. The molecule has 2 aromatic heterocycles. The summed E-state index contributed by atoms with van der Waals surface area (Å²) in [7, 11) is 0. The number of carbonyl (C=O) groups excluding carboxylic acids is 1. The Kier molecular flexibility index (Phi) is 4.31. The zero-order valence-corrected chi connectivity index (χ0v) is 13.9. The second kappa shape index (κ2) is 6.91. The molecule has 1 aliphatic rings. The molecular weight excluding hydrogens is 312 g/mol. The van der Waals surface area contributed by atoms with Gasteiger partial charge in [-0.15, -0.1) is 0 Å². The predicted octanol–water partition coefficient (Wildman–Crippen LogP) is 2.64. The maximum atomic E-state index is 12.4. The molecule has 1 aromatic carbocycles. The number of benzene rings is 1. The quantitative estimate of drug-likeness (QED) is 0.772. The molecule has 0 unspecified atom stereocenters. The Morgan fingerprint density at radius 3 is 2.88 bits per heavy atom. The van der Waals surface area contributed by atoms with Gasteiger partial charge in [-0.25, -0.2) is 4.98 Å². The first kappa shape index (κ1) is 15.6. The maximum Gasteiger partial charge on any atom is 0.251 e. The van der Waals surface area contributed by atoms with Crippen LogP contribution in [0, 0.1) is 0 Å². The van der Waals surface area contributed by atoms with Crippen LogP contribution in [-0.4, -0.2) is 28.4 Å². The third-order valence-corrected chi connectivity index (χ3v) is 4.48. The zero-order valence-electron chi connectivity index (χ0n) is 13.9. The molecule has 3 aromatic rings. The van der Waals surface area contributed by atoms with Crippen LogP contribution in [0.15, 0.2) is 61.1 Å². The molecule has 0 saturated heterocycles. The standard InChI is InChI=1S/C20H20N4O/c25-20(23-13-15-1-6-19-22-11-12-24(19)14-15)18-4-2-16(3-5-18)17-7-9-21-10-8-17/h1-7,11-12,14,21H,8-10,13H2,(H,23,25). The van der Waals surface area contributed by atoms with Crippen LogP contribution < -0.4 is 10.6 Å². The fourth-order valence-corrected chi connectivity index (χ4v) is 3.08. The minimum atomic E-state index is -0.0587. The van der Waals surface area contributed by atoms with Gasteiger partial charge >= 0.3 is 0 Å². The van der Waals surface area contributed by atoms with E-state index in [0.29, 0.717) is 12.1 Å². The number of hydrogen-bond donors (Lipinski definition) is 2. The van der Waals surface area contributed by atoms with Crippen molar-refractivity contribution in [1.29, 1.82) is 0 Å². The van der Waals surface area contributed by atoms with Gasteiger partial charge in [0.1, 0.15) is 5.65 Å². The molecule has 0 radical (unpaired) electrons. The number of rotatable bonds is 4. The molecule has 0 saturated carbocycles. The number of imidazole rings is 1. The minimum absolute atomic E-state index is 0.0587. The van der Waals surface area contributed by atoms with E-state index in [1.165, 1.54) is 11.1 Å². The van der Waals surface area contributed by atoms with Gasteiger partial charge in [-0.2, -0.15) is 0 Å². The van der Waals surface area contributed by atoms with Gasteiger partial charge in [-0.1, -0.05) is 24.3 Å². The van der Waals surface area contributed by atoms with Crippen LogP contribution in [0.1, 0.15) is 27.9 Å². The lowest BCUT2D eigenvalue weighted by molar-refractivity contribution is 0.0951. The number of carbonyl (C=O) groups is 1. The summed E-state index contributed by atoms with van der Waals surface area (Å²) in [5.41, 5.74) is 5.16. The van der Waals surface area contributed by atoms with Crippen molar-refractivity contribution < 1.29 is 4.79 Å². The highest BCUT2D eigenvalue weighted by atomic mass is 16.1. The van der Waals surface area contributed by atoms with Crippen molar-refractivity contribution in [2.75, 3.05) is 13.1 Å². The van der Waals surface area contributed by atoms with Gasteiger partial charge in [0, 0.05) is 37.2 Å². The predicted molar refractivity (Wildman–Crippen MR) is 98.3 cm³/mol. The van der Waals surface area contributed by atoms with Gasteiger partial charge in [-0.3, -0.25) is 4.79 Å². The second-order valence-corrected chi connectivity index (χ2v) is 6.17. The molecule has 4 rings (SSSR count). The smallest absolute Gasteiger partial charge is 0.251 e. The Labute approximate surface area is 146 Å². The number of pyridine rings is 1. The lowest BCUT2D eigenvalue weighted by atomic mass is 9.99. The fraction of sp³-hybridized carbons (Fsp3) is 0.200. The van der Waals surface area contributed by atoms with Gasteiger partial charge in [0.05, 0.1) is 0 Å². The number of nitrogens with one attached hydrogen (secondary N) is 2. The normalized spacial score (nSPS) is 14.3. The Bertz CT molecular complexity index is 924. The van der Waals surface area contributed by atoms with E-state index in [1.807, 2.05) is 53.2 Å². The van der Waals surface area contributed by atoms with Crippen LogP contribution >= 0.6 is 0 Å². The van der Waals surface area contributed by atoms with Gasteiger partial charge in [0.2, 0.25) is 0 Å². The number of amides is 1. The van der Waals surface area contributed by atoms with E-state index in [9.17, 15) is 4.79 Å². The summed E-state index contributed by atoms with van der Waals surface area (Å²) in [4.78, 5) is 16.6. The summed E-state index contributed by atoms with van der Waals surface area (Å²) < 4.78 is 1.95. The van der Waals surface area contributed by atoms with Crippen molar-refractivity contribution in [1.82, 2.24) is 20.0 Å². The van der Waals surface area contributed by atoms with E-state index in [2.05, 4.69) is 21.7 Å². The maximum absolute atomic E-state index is 12.4. The van der Waals surface area contributed by atoms with Crippen molar-refractivity contribution in [2.45, 2.75) is 13.0 Å². The monoisotopic (exact) mass is 332 g/mol. The summed E-state index contributed by atoms with van der Waals surface area (Å²) in [6.45, 7) is 2.42. The lowest BCUT2D eigenvalue weighted by Gasteiger charge is -2.14. The van der Waals surface area contributed by atoms with Crippen molar-refractivity contribution in [2.24, 2.45) is 0 Å². The summed E-state index contributed by atoms with van der Waals surface area (Å²) in [5.74, 6) is -0.0587. The highest BCUT2D eigenvalue weighted by molar-refractivity contribution is 5.94. The van der Waals surface area contributed by atoms with Crippen molar-refractivity contribution in [3.63, 3.8) is 0 Å². The first-order chi connectivity index (χ1) is 12.3. The number of hydrogen-bond acceptors (Lipinski definition) is 3. The van der Waals surface area contributed by atoms with E-state index >= 15 is 0 Å². The third kappa shape index (κ3) is 3.46. The van der Waals surface area contributed by atoms with Crippen LogP contribution in [0.2, 0.25) is 0 Å². The van der Waals surface area contributed by atoms with Crippen LogP contribution in [0.4, 0.5) is 0 Å². The largest absolute Gasteiger partial charge is 0.348 e. The molecule has 2 N–H and O–H groups in total. The van der Waals surface area contributed by atoms with Gasteiger partial charge in [0.25, 0.3) is 5.91 Å². The van der Waals surface area contributed by atoms with Crippen molar-refractivity contribution >= 4 is 17.1 Å². The Hall–Kier alpha value is -2.92. The summed E-state index contributed by atoms with van der Waals surface area (Å²) >= 11 is 0. The first-order valence-electron chi connectivity index (χ1n) is 8.49. The average molecular weight is 332 g/mol. The molecular formula is C20H20N4O. The summed E-state index contributed by atoms with van der Waals surface area (Å²) in [6.07, 6.45) is 8.88. The van der Waals surface area contributed by atoms with Crippen LogP contribution in [0.3, 0.4) is 0 Å². The van der Waals surface area contributed by atoms with Gasteiger partial charge in [-0.05, 0) is 47.9 Å². The van der Waals surface area contributed by atoms with Gasteiger partial charge < -0.3 is 15.0 Å². The van der Waals surface area contributed by atoms with Crippen LogP contribution in [0.5, 0.6) is 0 Å². The van der Waals surface area contributed by atoms with E-state index in [1.54, 1.807) is 6.20 Å². The van der Waals surface area contributed by atoms with Gasteiger partial charge in [0.15, 0.2) is 0 Å². The third-order valence-electron chi connectivity index (χ3n) is 4.48. The summed E-state index contributed by atoms with van der Waals surface area (Å²) in [6, 6.07) is 11.8. The number of aromatic nitrogens is 2. The minimum Gasteiger partial charge on any atom is -0.348 e. The molecule has 0 spiro atoms. The van der Waals surface area contributed by atoms with E-state index in [0.717, 1.165) is 30.7 Å². The number of nitrogens with zero attached hydrogens (tertiary/aromatic N) is 2. The molecule has 25 heavy (non-hydrogen) atoms. The molecule has 5 heteroatoms. The topological polar surface area (TPSA) is 58.4 Å². The molecule has 0 atom stereocenters. The molecule has 5 nitrogen and oxygen atoms in total. The molecule has 0 bridgehead atoms. The first-order valence-corrected chi connectivity index (χ1v) is 8.49. The number of fused-ring (bicyclic) bond motifs is 1. The SMILES string of the molecule is O=C(NCc1ccc2nccn2c1)c1ccc(C2=CCNCC2)cc1. The zero-order chi connectivity index (χ0) is 17.1. The Morgan fingerprint density at radius 2 is 2.08 bits per heavy atom. The van der Waals surface area contributed by atoms with Crippen molar-refractivity contribution in [3.05, 3.63) is 77.8 Å². The average Bonchev–Trinajstić information content (AvgIpc) is 3.15. The Balaban J connectivity index is 1.41. The summed E-state index contributed by atoms with van der Waals surface area (Å²) in [5, 5.41) is 6.28. The van der Waals surface area contributed by atoms with E-state index < -0.39 is 0 Å². The van der Waals surface area contributed by atoms with E-state index in [-0.39, 0.29) is 5.91 Å².